The largest absolute Gasteiger partial charge is 0.341 e. The molecule has 0 unspecified atom stereocenters. The van der Waals surface area contributed by atoms with Gasteiger partial charge in [-0.2, -0.15) is 0 Å². The maximum atomic E-state index is 12.5. The predicted molar refractivity (Wildman–Crippen MR) is 70.7 cm³/mol. The third kappa shape index (κ3) is 2.53. The van der Waals surface area contributed by atoms with E-state index < -0.39 is 0 Å². The standard InChI is InChI=1S/C14H21N3O/c1-17(10-12-4-8-16-9-5-12)13(18)14(11-15)6-2-3-7-14/h4-5,8-9H,2-3,6-7,10-11,15H2,1H3. The Morgan fingerprint density at radius 2 is 2.00 bits per heavy atom. The Kier molecular flexibility index (Phi) is 3.97. The lowest BCUT2D eigenvalue weighted by Crippen LogP contribution is -2.44. The van der Waals surface area contributed by atoms with Crippen LogP contribution in [0.25, 0.3) is 0 Å². The molecule has 0 radical (unpaired) electrons. The molecular weight excluding hydrogens is 226 g/mol. The van der Waals surface area contributed by atoms with Crippen LogP contribution in [-0.4, -0.2) is 29.4 Å². The molecule has 18 heavy (non-hydrogen) atoms. The molecule has 2 rings (SSSR count). The molecule has 1 aliphatic rings. The summed E-state index contributed by atoms with van der Waals surface area (Å²) in [4.78, 5) is 18.3. The zero-order chi connectivity index (χ0) is 13.0. The number of amides is 1. The smallest absolute Gasteiger partial charge is 0.230 e. The Morgan fingerprint density at radius 1 is 1.39 bits per heavy atom. The Labute approximate surface area is 108 Å². The molecule has 4 nitrogen and oxygen atoms in total. The van der Waals surface area contributed by atoms with Gasteiger partial charge in [0, 0.05) is 32.5 Å². The number of hydrogen-bond donors (Lipinski definition) is 1. The number of nitrogens with two attached hydrogens (primary N) is 1. The first kappa shape index (κ1) is 13.0. The van der Waals surface area contributed by atoms with E-state index in [0.717, 1.165) is 31.2 Å². The van der Waals surface area contributed by atoms with Crippen LogP contribution in [0.15, 0.2) is 24.5 Å². The molecule has 1 fully saturated rings. The number of carbonyl (C=O) groups is 1. The van der Waals surface area contributed by atoms with Crippen molar-refractivity contribution in [3.63, 3.8) is 0 Å². The van der Waals surface area contributed by atoms with Gasteiger partial charge in [0.1, 0.15) is 0 Å². The van der Waals surface area contributed by atoms with E-state index in [-0.39, 0.29) is 11.3 Å². The summed E-state index contributed by atoms with van der Waals surface area (Å²) in [7, 11) is 1.86. The van der Waals surface area contributed by atoms with Gasteiger partial charge in [0.05, 0.1) is 5.41 Å². The molecule has 4 heteroatoms. The Balaban J connectivity index is 2.04. The molecule has 1 amide bonds. The number of hydrogen-bond acceptors (Lipinski definition) is 3. The molecule has 0 bridgehead atoms. The highest BCUT2D eigenvalue weighted by Crippen LogP contribution is 2.38. The summed E-state index contributed by atoms with van der Waals surface area (Å²) >= 11 is 0. The summed E-state index contributed by atoms with van der Waals surface area (Å²) in [5.74, 6) is 0.194. The first-order valence-electron chi connectivity index (χ1n) is 6.52. The second kappa shape index (κ2) is 5.48. The molecule has 98 valence electrons. The van der Waals surface area contributed by atoms with E-state index in [4.69, 9.17) is 5.73 Å². The average Bonchev–Trinajstić information content (AvgIpc) is 2.89. The highest BCUT2D eigenvalue weighted by atomic mass is 16.2. The zero-order valence-corrected chi connectivity index (χ0v) is 10.9. The van der Waals surface area contributed by atoms with Crippen molar-refractivity contribution in [2.45, 2.75) is 32.2 Å². The highest BCUT2D eigenvalue weighted by molar-refractivity contribution is 5.83. The minimum absolute atomic E-state index is 0.194. The molecule has 1 aromatic heterocycles. The van der Waals surface area contributed by atoms with E-state index in [1.165, 1.54) is 0 Å². The maximum Gasteiger partial charge on any atom is 0.230 e. The van der Waals surface area contributed by atoms with Gasteiger partial charge in [-0.1, -0.05) is 12.8 Å². The lowest BCUT2D eigenvalue weighted by atomic mass is 9.84. The zero-order valence-electron chi connectivity index (χ0n) is 10.9. The van der Waals surface area contributed by atoms with Gasteiger partial charge in [-0.3, -0.25) is 9.78 Å². The van der Waals surface area contributed by atoms with Crippen molar-refractivity contribution >= 4 is 5.91 Å². The Bertz CT molecular complexity index is 399. The van der Waals surface area contributed by atoms with Crippen LogP contribution in [0.2, 0.25) is 0 Å². The second-order valence-electron chi connectivity index (χ2n) is 5.21. The van der Waals surface area contributed by atoms with Crippen LogP contribution in [0, 0.1) is 5.41 Å². The fourth-order valence-electron chi connectivity index (χ4n) is 2.80. The van der Waals surface area contributed by atoms with Crippen LogP contribution in [0.5, 0.6) is 0 Å². The lowest BCUT2D eigenvalue weighted by Gasteiger charge is -2.31. The third-order valence-corrected chi connectivity index (χ3v) is 3.92. The van der Waals surface area contributed by atoms with Gasteiger partial charge < -0.3 is 10.6 Å². The summed E-state index contributed by atoms with van der Waals surface area (Å²) in [5.41, 5.74) is 6.64. The fourth-order valence-corrected chi connectivity index (χ4v) is 2.80. The van der Waals surface area contributed by atoms with Gasteiger partial charge in [0.25, 0.3) is 0 Å². The summed E-state index contributed by atoms with van der Waals surface area (Å²) in [6.45, 7) is 1.09. The molecule has 0 atom stereocenters. The molecule has 2 N–H and O–H groups in total. The molecule has 0 saturated heterocycles. The minimum Gasteiger partial charge on any atom is -0.341 e. The quantitative estimate of drug-likeness (QED) is 0.878. The van der Waals surface area contributed by atoms with Gasteiger partial charge >= 0.3 is 0 Å². The lowest BCUT2D eigenvalue weighted by molar-refractivity contribution is -0.140. The highest BCUT2D eigenvalue weighted by Gasteiger charge is 2.41. The van der Waals surface area contributed by atoms with E-state index >= 15 is 0 Å². The van der Waals surface area contributed by atoms with Crippen molar-refractivity contribution in [2.75, 3.05) is 13.6 Å². The molecule has 1 aromatic rings. The Morgan fingerprint density at radius 3 is 2.56 bits per heavy atom. The van der Waals surface area contributed by atoms with E-state index in [1.54, 1.807) is 17.3 Å². The van der Waals surface area contributed by atoms with Crippen molar-refractivity contribution in [1.29, 1.82) is 0 Å². The monoisotopic (exact) mass is 247 g/mol. The number of pyridine rings is 1. The van der Waals surface area contributed by atoms with Gasteiger partial charge in [-0.25, -0.2) is 0 Å². The van der Waals surface area contributed by atoms with E-state index in [2.05, 4.69) is 4.98 Å². The molecule has 0 spiro atoms. The van der Waals surface area contributed by atoms with Crippen LogP contribution in [0.1, 0.15) is 31.2 Å². The van der Waals surface area contributed by atoms with Crippen LogP contribution >= 0.6 is 0 Å². The third-order valence-electron chi connectivity index (χ3n) is 3.92. The van der Waals surface area contributed by atoms with Crippen molar-refractivity contribution in [3.8, 4) is 0 Å². The van der Waals surface area contributed by atoms with Crippen LogP contribution in [0.4, 0.5) is 0 Å². The fraction of sp³-hybridized carbons (Fsp3) is 0.571. The second-order valence-corrected chi connectivity index (χ2v) is 5.21. The average molecular weight is 247 g/mol. The van der Waals surface area contributed by atoms with Crippen LogP contribution < -0.4 is 5.73 Å². The number of carbonyl (C=O) groups excluding carboxylic acids is 1. The van der Waals surface area contributed by atoms with Crippen molar-refractivity contribution in [2.24, 2.45) is 11.1 Å². The Hall–Kier alpha value is -1.42. The molecule has 1 heterocycles. The first-order valence-corrected chi connectivity index (χ1v) is 6.52. The van der Waals surface area contributed by atoms with E-state index in [1.807, 2.05) is 19.2 Å². The SMILES string of the molecule is CN(Cc1ccncc1)C(=O)C1(CN)CCCC1. The van der Waals surface area contributed by atoms with Gasteiger partial charge in [-0.05, 0) is 30.5 Å². The topological polar surface area (TPSA) is 59.2 Å². The molecular formula is C14H21N3O. The van der Waals surface area contributed by atoms with Gasteiger partial charge in [0.15, 0.2) is 0 Å². The summed E-state index contributed by atoms with van der Waals surface area (Å²) in [6, 6.07) is 3.88. The van der Waals surface area contributed by atoms with E-state index in [9.17, 15) is 4.79 Å². The number of nitrogens with zero attached hydrogens (tertiary/aromatic N) is 2. The maximum absolute atomic E-state index is 12.5. The normalized spacial score (nSPS) is 17.7. The summed E-state index contributed by atoms with van der Waals surface area (Å²) < 4.78 is 0. The van der Waals surface area contributed by atoms with Gasteiger partial charge in [0.2, 0.25) is 5.91 Å². The van der Waals surface area contributed by atoms with Crippen LogP contribution in [0.3, 0.4) is 0 Å². The van der Waals surface area contributed by atoms with Crippen LogP contribution in [-0.2, 0) is 11.3 Å². The summed E-state index contributed by atoms with van der Waals surface area (Å²) in [5, 5.41) is 0. The predicted octanol–water partition coefficient (Wildman–Crippen LogP) is 1.56. The minimum atomic E-state index is -0.304. The number of aromatic nitrogens is 1. The molecule has 0 aromatic carbocycles. The van der Waals surface area contributed by atoms with Gasteiger partial charge in [-0.15, -0.1) is 0 Å². The molecule has 0 aliphatic heterocycles. The van der Waals surface area contributed by atoms with Crippen molar-refractivity contribution < 1.29 is 4.79 Å². The van der Waals surface area contributed by atoms with Crippen molar-refractivity contribution in [3.05, 3.63) is 30.1 Å². The van der Waals surface area contributed by atoms with Crippen molar-refractivity contribution in [1.82, 2.24) is 9.88 Å². The first-order chi connectivity index (χ1) is 8.68. The number of rotatable bonds is 4. The summed E-state index contributed by atoms with van der Waals surface area (Å²) in [6.07, 6.45) is 7.61. The van der Waals surface area contributed by atoms with E-state index in [0.29, 0.717) is 13.1 Å². The molecule has 1 saturated carbocycles. The molecule has 1 aliphatic carbocycles.